The molecule has 0 aromatic carbocycles. The van der Waals surface area contributed by atoms with Crippen molar-refractivity contribution in [1.29, 1.82) is 0 Å². The summed E-state index contributed by atoms with van der Waals surface area (Å²) in [6.07, 6.45) is 70.6. The Kier molecular flexibility index (Phi) is 75.8. The zero-order chi connectivity index (χ0) is 74.6. The van der Waals surface area contributed by atoms with Gasteiger partial charge in [0.25, 0.3) is 0 Å². The molecule has 0 saturated carbocycles. The van der Waals surface area contributed by atoms with Crippen LogP contribution in [0.2, 0.25) is 0 Å². The van der Waals surface area contributed by atoms with E-state index >= 15 is 0 Å². The van der Waals surface area contributed by atoms with Crippen LogP contribution in [0.1, 0.15) is 451 Å². The van der Waals surface area contributed by atoms with Gasteiger partial charge in [0.05, 0.1) is 26.4 Å². The molecular weight excluding hydrogens is 1330 g/mol. The van der Waals surface area contributed by atoms with Crippen LogP contribution in [-0.2, 0) is 65.4 Å². The monoisotopic (exact) mass is 1490 g/mol. The minimum absolute atomic E-state index is 0.109. The lowest BCUT2D eigenvalue weighted by atomic mass is 10.0. The van der Waals surface area contributed by atoms with Gasteiger partial charge in [-0.3, -0.25) is 37.3 Å². The number of phosphoric acid groups is 2. The van der Waals surface area contributed by atoms with Gasteiger partial charge in [-0.2, -0.15) is 0 Å². The Labute approximate surface area is 626 Å². The summed E-state index contributed by atoms with van der Waals surface area (Å²) in [6.45, 7) is 5.05. The van der Waals surface area contributed by atoms with E-state index in [-0.39, 0.29) is 25.7 Å². The molecule has 0 aliphatic rings. The van der Waals surface area contributed by atoms with Crippen molar-refractivity contribution < 1.29 is 80.2 Å². The van der Waals surface area contributed by atoms with E-state index in [2.05, 4.69) is 27.7 Å². The summed E-state index contributed by atoms with van der Waals surface area (Å²) in [7, 11) is -9.92. The second-order valence-corrected chi connectivity index (χ2v) is 32.8. The van der Waals surface area contributed by atoms with Crippen molar-refractivity contribution in [1.82, 2.24) is 0 Å². The topological polar surface area (TPSA) is 237 Å². The Hall–Kier alpha value is -1.94. The molecule has 0 saturated heterocycles. The van der Waals surface area contributed by atoms with Gasteiger partial charge in [-0.1, -0.05) is 400 Å². The maximum atomic E-state index is 13.1. The molecule has 0 fully saturated rings. The highest BCUT2D eigenvalue weighted by Gasteiger charge is 2.30. The van der Waals surface area contributed by atoms with Crippen molar-refractivity contribution in [3.8, 4) is 0 Å². The molecule has 606 valence electrons. The molecule has 0 aromatic heterocycles. The Bertz CT molecular complexity index is 1930. The van der Waals surface area contributed by atoms with Crippen LogP contribution in [0.25, 0.3) is 0 Å². The van der Waals surface area contributed by atoms with Gasteiger partial charge in [-0.15, -0.1) is 0 Å². The van der Waals surface area contributed by atoms with Crippen LogP contribution in [0.5, 0.6) is 0 Å². The molecule has 102 heavy (non-hydrogen) atoms. The van der Waals surface area contributed by atoms with E-state index in [0.29, 0.717) is 25.7 Å². The van der Waals surface area contributed by atoms with Crippen molar-refractivity contribution in [2.75, 3.05) is 39.6 Å². The first-order valence-electron chi connectivity index (χ1n) is 43.3. The minimum atomic E-state index is -4.96. The number of aliphatic hydroxyl groups excluding tert-OH is 1. The lowest BCUT2D eigenvalue weighted by Crippen LogP contribution is -2.30. The molecule has 19 heteroatoms. The third kappa shape index (κ3) is 76.3. The number of hydrogen-bond acceptors (Lipinski definition) is 15. The van der Waals surface area contributed by atoms with Crippen LogP contribution < -0.4 is 0 Å². The van der Waals surface area contributed by atoms with Crippen molar-refractivity contribution in [3.05, 3.63) is 0 Å². The summed E-state index contributed by atoms with van der Waals surface area (Å²) in [5.74, 6) is -2.10. The van der Waals surface area contributed by atoms with Gasteiger partial charge in [0.2, 0.25) is 0 Å². The van der Waals surface area contributed by atoms with E-state index in [1.54, 1.807) is 0 Å². The normalized spacial score (nSPS) is 13.8. The van der Waals surface area contributed by atoms with Crippen LogP contribution >= 0.6 is 15.6 Å². The average Bonchev–Trinajstić information content (AvgIpc) is 0.912. The molecule has 2 unspecified atom stereocenters. The maximum Gasteiger partial charge on any atom is 0.472 e. The van der Waals surface area contributed by atoms with Gasteiger partial charge >= 0.3 is 39.5 Å². The van der Waals surface area contributed by atoms with Crippen molar-refractivity contribution in [3.63, 3.8) is 0 Å². The molecule has 0 aliphatic carbocycles. The number of ether oxygens (including phenoxy) is 4. The summed E-state index contributed by atoms with van der Waals surface area (Å²) >= 11 is 0. The Morgan fingerprint density at radius 1 is 0.235 bits per heavy atom. The number of hydrogen-bond donors (Lipinski definition) is 3. The van der Waals surface area contributed by atoms with Crippen LogP contribution in [0.15, 0.2) is 0 Å². The fourth-order valence-corrected chi connectivity index (χ4v) is 14.6. The van der Waals surface area contributed by atoms with E-state index in [1.165, 1.54) is 283 Å². The SMILES string of the molecule is CCCCCCCCCCCCCCCCCCCCC(=O)O[C@H](COC(=O)CCCCCCCCCCCCCCCCCCC)COP(=O)(O)OC[C@@H](O)COP(=O)(O)OC[C@@H](COC(=O)CCCCCCCCCCCCC)OC(=O)CCCCCCCCCCCCCCCCCC. The van der Waals surface area contributed by atoms with E-state index in [9.17, 15) is 43.2 Å². The molecular formula is C83H162O17P2. The number of aliphatic hydroxyl groups is 1. The molecule has 5 atom stereocenters. The predicted octanol–water partition coefficient (Wildman–Crippen LogP) is 25.4. The zero-order valence-electron chi connectivity index (χ0n) is 66.6. The molecule has 0 bridgehead atoms. The first kappa shape index (κ1) is 100. The van der Waals surface area contributed by atoms with Gasteiger partial charge in [-0.05, 0) is 25.7 Å². The summed E-state index contributed by atoms with van der Waals surface area (Å²) in [6, 6.07) is 0. The second kappa shape index (κ2) is 77.2. The van der Waals surface area contributed by atoms with Gasteiger partial charge < -0.3 is 33.8 Å². The third-order valence-corrected chi connectivity index (χ3v) is 21.5. The number of phosphoric ester groups is 2. The summed E-state index contributed by atoms with van der Waals surface area (Å²) < 4.78 is 68.8. The molecule has 0 radical (unpaired) electrons. The molecule has 3 N–H and O–H groups in total. The van der Waals surface area contributed by atoms with Gasteiger partial charge in [0, 0.05) is 25.7 Å². The van der Waals surface area contributed by atoms with Crippen LogP contribution in [0.3, 0.4) is 0 Å². The molecule has 0 amide bonds. The van der Waals surface area contributed by atoms with Crippen molar-refractivity contribution >= 4 is 39.5 Å². The largest absolute Gasteiger partial charge is 0.472 e. The fourth-order valence-electron chi connectivity index (χ4n) is 13.0. The Morgan fingerprint density at radius 3 is 0.578 bits per heavy atom. The van der Waals surface area contributed by atoms with Gasteiger partial charge in [0.15, 0.2) is 12.2 Å². The van der Waals surface area contributed by atoms with Gasteiger partial charge in [-0.25, -0.2) is 9.13 Å². The van der Waals surface area contributed by atoms with Gasteiger partial charge in [0.1, 0.15) is 19.3 Å². The lowest BCUT2D eigenvalue weighted by molar-refractivity contribution is -0.161. The standard InChI is InChI=1S/C83H162O17P2/c1-5-9-13-17-21-25-29-32-35-38-40-43-46-50-54-58-62-66-70-83(88)100-79(74-94-81(86)68-64-60-56-52-48-44-42-39-36-33-30-26-22-18-14-10-6-2)76-98-102(91,92)96-72-77(84)71-95-101(89,90)97-75-78(73-93-80(85)67-63-59-55-51-47-28-24-20-16-12-8-4)99-82(87)69-65-61-57-53-49-45-41-37-34-31-27-23-19-15-11-7-3/h77-79,84H,5-76H2,1-4H3,(H,89,90)(H,91,92)/t77-,78+,79+/m0/s1. The van der Waals surface area contributed by atoms with E-state index in [4.69, 9.17) is 37.0 Å². The highest BCUT2D eigenvalue weighted by Crippen LogP contribution is 2.45. The quantitative estimate of drug-likeness (QED) is 0.0222. The second-order valence-electron chi connectivity index (χ2n) is 29.9. The highest BCUT2D eigenvalue weighted by molar-refractivity contribution is 7.47. The van der Waals surface area contributed by atoms with Crippen molar-refractivity contribution in [2.45, 2.75) is 470 Å². The summed E-state index contributed by atoms with van der Waals surface area (Å²) in [4.78, 5) is 73.1. The number of carbonyl (C=O) groups excluding carboxylic acids is 4. The van der Waals surface area contributed by atoms with E-state index < -0.39 is 97.5 Å². The Morgan fingerprint density at radius 2 is 0.392 bits per heavy atom. The smallest absolute Gasteiger partial charge is 0.462 e. The zero-order valence-corrected chi connectivity index (χ0v) is 68.4. The van der Waals surface area contributed by atoms with E-state index in [1.807, 2.05) is 0 Å². The molecule has 17 nitrogen and oxygen atoms in total. The van der Waals surface area contributed by atoms with Crippen LogP contribution in [0, 0.1) is 0 Å². The summed E-state index contributed by atoms with van der Waals surface area (Å²) in [5.41, 5.74) is 0. The molecule has 0 aliphatic heterocycles. The fraction of sp³-hybridized carbons (Fsp3) is 0.952. The van der Waals surface area contributed by atoms with E-state index in [0.717, 1.165) is 89.9 Å². The molecule has 0 heterocycles. The highest BCUT2D eigenvalue weighted by atomic mass is 31.2. The first-order chi connectivity index (χ1) is 49.7. The van der Waals surface area contributed by atoms with Crippen molar-refractivity contribution in [2.24, 2.45) is 0 Å². The molecule has 0 spiro atoms. The average molecular weight is 1490 g/mol. The predicted molar refractivity (Wildman–Crippen MR) is 419 cm³/mol. The maximum absolute atomic E-state index is 13.1. The first-order valence-corrected chi connectivity index (χ1v) is 46.3. The number of esters is 4. The summed E-state index contributed by atoms with van der Waals surface area (Å²) in [5, 5.41) is 10.7. The van der Waals surface area contributed by atoms with Crippen LogP contribution in [0.4, 0.5) is 0 Å². The number of carbonyl (C=O) groups is 4. The van der Waals surface area contributed by atoms with Crippen LogP contribution in [-0.4, -0.2) is 96.7 Å². The molecule has 0 rings (SSSR count). The number of rotatable bonds is 84. The minimum Gasteiger partial charge on any atom is -0.462 e. The lowest BCUT2D eigenvalue weighted by Gasteiger charge is -2.21. The molecule has 0 aromatic rings. The Balaban J connectivity index is 5.24. The number of unbranched alkanes of at least 4 members (excludes halogenated alkanes) is 58. The third-order valence-electron chi connectivity index (χ3n) is 19.6.